The minimum atomic E-state index is -0.0619. The van der Waals surface area contributed by atoms with Gasteiger partial charge < -0.3 is 9.32 Å². The van der Waals surface area contributed by atoms with Gasteiger partial charge in [0.1, 0.15) is 11.2 Å². The van der Waals surface area contributed by atoms with E-state index >= 15 is 0 Å². The van der Waals surface area contributed by atoms with Gasteiger partial charge in [0.25, 0.3) is 0 Å². The zero-order valence-electron chi connectivity index (χ0n) is 36.6. The normalized spacial score (nSPS) is 12.8. The Hall–Kier alpha value is -5.60. The SMILES string of the molecule is CC(C)(C)c1cc(-c2cccc3cccc(-c4ccccc4N(c4cc(C(C)(C)C)cc(C(C)(C)C)c4)c4cccc5oc6ccccc6c45)c23)cc(C(C)(C)C)c1. The number of benzene rings is 7. The number of hydrogen-bond acceptors (Lipinski definition) is 2. The number of anilines is 3. The van der Waals surface area contributed by atoms with Gasteiger partial charge in [-0.2, -0.15) is 0 Å². The molecule has 1 aromatic heterocycles. The summed E-state index contributed by atoms with van der Waals surface area (Å²) < 4.78 is 6.55. The van der Waals surface area contributed by atoms with Gasteiger partial charge in [-0.05, 0) is 108 Å². The van der Waals surface area contributed by atoms with Crippen molar-refractivity contribution in [2.75, 3.05) is 4.90 Å². The Kier molecular flexibility index (Phi) is 9.50. The highest BCUT2D eigenvalue weighted by Crippen LogP contribution is 2.49. The standard InChI is InChI=1S/C56H59NO/c1-53(2,3)38-30-37(31-39(32-38)54(4,5)6)43-24-17-20-36-21-18-25-45(51(36)43)44-22-13-15-26-47(44)57(42-34-40(55(7,8)9)33-41(35-42)56(10,11)12)48-27-19-29-50-52(48)46-23-14-16-28-49(46)58-50/h13-35H,1-12H3. The number of hydrogen-bond donors (Lipinski definition) is 0. The lowest BCUT2D eigenvalue weighted by Gasteiger charge is -2.33. The van der Waals surface area contributed by atoms with Gasteiger partial charge in [0.15, 0.2) is 0 Å². The maximum absolute atomic E-state index is 6.55. The Morgan fingerprint density at radius 1 is 0.379 bits per heavy atom. The van der Waals surface area contributed by atoms with E-state index in [-0.39, 0.29) is 21.7 Å². The van der Waals surface area contributed by atoms with Crippen LogP contribution in [0.5, 0.6) is 0 Å². The molecule has 0 amide bonds. The van der Waals surface area contributed by atoms with Crippen LogP contribution in [-0.2, 0) is 21.7 Å². The van der Waals surface area contributed by atoms with Crippen LogP contribution in [0, 0.1) is 0 Å². The Morgan fingerprint density at radius 2 is 0.845 bits per heavy atom. The molecule has 0 fully saturated rings. The Labute approximate surface area is 346 Å². The first kappa shape index (κ1) is 39.2. The van der Waals surface area contributed by atoms with E-state index in [1.54, 1.807) is 0 Å². The van der Waals surface area contributed by atoms with E-state index in [1.807, 2.05) is 0 Å². The van der Waals surface area contributed by atoms with E-state index in [2.05, 4.69) is 228 Å². The third kappa shape index (κ3) is 7.23. The second-order valence-corrected chi connectivity index (χ2v) is 20.4. The fourth-order valence-electron chi connectivity index (χ4n) is 8.31. The predicted octanol–water partition coefficient (Wildman–Crippen LogP) is 16.7. The van der Waals surface area contributed by atoms with E-state index < -0.39 is 0 Å². The third-order valence-electron chi connectivity index (χ3n) is 11.8. The number of rotatable bonds is 5. The van der Waals surface area contributed by atoms with Gasteiger partial charge in [-0.25, -0.2) is 0 Å². The summed E-state index contributed by atoms with van der Waals surface area (Å²) in [5.74, 6) is 0. The summed E-state index contributed by atoms with van der Waals surface area (Å²) in [7, 11) is 0. The van der Waals surface area contributed by atoms with Gasteiger partial charge in [-0.3, -0.25) is 0 Å². The highest BCUT2D eigenvalue weighted by atomic mass is 16.3. The molecule has 0 radical (unpaired) electrons. The van der Waals surface area contributed by atoms with Crippen LogP contribution in [0.2, 0.25) is 0 Å². The lowest BCUT2D eigenvalue weighted by molar-refractivity contribution is 0.568. The number of furan rings is 1. The first-order valence-electron chi connectivity index (χ1n) is 20.9. The predicted molar refractivity (Wildman–Crippen MR) is 252 cm³/mol. The minimum Gasteiger partial charge on any atom is -0.456 e. The molecule has 7 aromatic carbocycles. The van der Waals surface area contributed by atoms with E-state index in [0.717, 1.165) is 39.0 Å². The van der Waals surface area contributed by atoms with Gasteiger partial charge in [0, 0.05) is 16.6 Å². The molecular formula is C56H59NO. The number of nitrogens with zero attached hydrogens (tertiary/aromatic N) is 1. The summed E-state index contributed by atoms with van der Waals surface area (Å²) in [5.41, 5.74) is 15.2. The van der Waals surface area contributed by atoms with Gasteiger partial charge in [-0.1, -0.05) is 186 Å². The molecule has 0 aliphatic rings. The maximum Gasteiger partial charge on any atom is 0.137 e. The second kappa shape index (κ2) is 14.0. The molecule has 0 spiro atoms. The molecule has 0 aliphatic heterocycles. The van der Waals surface area contributed by atoms with Crippen molar-refractivity contribution in [3.05, 3.63) is 162 Å². The van der Waals surface area contributed by atoms with Crippen molar-refractivity contribution in [3.8, 4) is 22.3 Å². The molecule has 0 atom stereocenters. The Balaban J connectivity index is 1.47. The van der Waals surface area contributed by atoms with Crippen LogP contribution in [-0.4, -0.2) is 0 Å². The lowest BCUT2D eigenvalue weighted by atomic mass is 9.78. The fourth-order valence-corrected chi connectivity index (χ4v) is 8.31. The summed E-state index contributed by atoms with van der Waals surface area (Å²) in [6.07, 6.45) is 0. The molecule has 2 nitrogen and oxygen atoms in total. The van der Waals surface area contributed by atoms with Gasteiger partial charge in [0.2, 0.25) is 0 Å². The van der Waals surface area contributed by atoms with Crippen molar-refractivity contribution in [2.45, 2.75) is 105 Å². The highest BCUT2D eigenvalue weighted by Gasteiger charge is 2.28. The molecule has 0 saturated carbocycles. The minimum absolute atomic E-state index is 0.00228. The van der Waals surface area contributed by atoms with E-state index in [4.69, 9.17) is 4.42 Å². The molecule has 0 aliphatic carbocycles. The van der Waals surface area contributed by atoms with E-state index in [9.17, 15) is 0 Å². The van der Waals surface area contributed by atoms with Gasteiger partial charge in [0.05, 0.1) is 16.8 Å². The summed E-state index contributed by atoms with van der Waals surface area (Å²) >= 11 is 0. The van der Waals surface area contributed by atoms with Crippen molar-refractivity contribution in [2.24, 2.45) is 0 Å². The largest absolute Gasteiger partial charge is 0.456 e. The van der Waals surface area contributed by atoms with Crippen LogP contribution in [0.3, 0.4) is 0 Å². The molecule has 0 unspecified atom stereocenters. The first-order valence-corrected chi connectivity index (χ1v) is 20.9. The van der Waals surface area contributed by atoms with Crippen molar-refractivity contribution in [3.63, 3.8) is 0 Å². The monoisotopic (exact) mass is 761 g/mol. The molecule has 58 heavy (non-hydrogen) atoms. The van der Waals surface area contributed by atoms with Crippen LogP contribution in [0.25, 0.3) is 55.0 Å². The quantitative estimate of drug-likeness (QED) is 0.174. The van der Waals surface area contributed by atoms with Gasteiger partial charge >= 0.3 is 0 Å². The summed E-state index contributed by atoms with van der Waals surface area (Å²) in [5, 5.41) is 4.70. The third-order valence-corrected chi connectivity index (χ3v) is 11.8. The Morgan fingerprint density at radius 3 is 1.45 bits per heavy atom. The van der Waals surface area contributed by atoms with Crippen molar-refractivity contribution < 1.29 is 4.42 Å². The second-order valence-electron chi connectivity index (χ2n) is 20.4. The topological polar surface area (TPSA) is 16.4 Å². The number of para-hydroxylation sites is 2. The molecule has 0 N–H and O–H groups in total. The van der Waals surface area contributed by atoms with Crippen molar-refractivity contribution in [1.29, 1.82) is 0 Å². The van der Waals surface area contributed by atoms with Crippen LogP contribution in [0.15, 0.2) is 144 Å². The molecule has 2 heteroatoms. The average molecular weight is 762 g/mol. The Bertz CT molecular complexity index is 2750. The molecule has 8 aromatic rings. The summed E-state index contributed by atoms with van der Waals surface area (Å²) in [6.45, 7) is 27.8. The van der Waals surface area contributed by atoms with Crippen molar-refractivity contribution >= 4 is 49.8 Å². The first-order chi connectivity index (χ1) is 27.3. The van der Waals surface area contributed by atoms with Gasteiger partial charge in [-0.15, -0.1) is 0 Å². The smallest absolute Gasteiger partial charge is 0.137 e. The fraction of sp³-hybridized carbons (Fsp3) is 0.286. The maximum atomic E-state index is 6.55. The molecule has 8 rings (SSSR count). The van der Waals surface area contributed by atoms with Crippen LogP contribution < -0.4 is 4.90 Å². The zero-order valence-corrected chi connectivity index (χ0v) is 36.6. The van der Waals surface area contributed by atoms with Crippen LogP contribution >= 0.6 is 0 Å². The summed E-state index contributed by atoms with van der Waals surface area (Å²) in [6, 6.07) is 52.0. The van der Waals surface area contributed by atoms with E-state index in [0.29, 0.717) is 0 Å². The lowest BCUT2D eigenvalue weighted by Crippen LogP contribution is -2.19. The number of fused-ring (bicyclic) bond motifs is 4. The van der Waals surface area contributed by atoms with E-state index in [1.165, 1.54) is 55.3 Å². The highest BCUT2D eigenvalue weighted by molar-refractivity contribution is 6.15. The molecular weight excluding hydrogens is 703 g/mol. The van der Waals surface area contributed by atoms with Crippen molar-refractivity contribution in [1.82, 2.24) is 0 Å². The zero-order chi connectivity index (χ0) is 41.4. The van der Waals surface area contributed by atoms with Crippen LogP contribution in [0.1, 0.15) is 105 Å². The molecule has 1 heterocycles. The molecule has 294 valence electrons. The molecule has 0 saturated heterocycles. The molecule has 0 bridgehead atoms. The van der Waals surface area contributed by atoms with Crippen LogP contribution in [0.4, 0.5) is 17.1 Å². The summed E-state index contributed by atoms with van der Waals surface area (Å²) in [4.78, 5) is 2.50. The average Bonchev–Trinajstić information content (AvgIpc) is 3.56.